The molecular weight excluding hydrogens is 366 g/mol. The van der Waals surface area contributed by atoms with Gasteiger partial charge in [-0.2, -0.15) is 0 Å². The van der Waals surface area contributed by atoms with Crippen molar-refractivity contribution in [3.8, 4) is 17.2 Å². The molecule has 4 rings (SSSR count). The first-order valence-electron chi connectivity index (χ1n) is 9.75. The Morgan fingerprint density at radius 2 is 1.79 bits per heavy atom. The number of aromatic nitrogens is 1. The van der Waals surface area contributed by atoms with Crippen LogP contribution in [0.1, 0.15) is 30.1 Å². The summed E-state index contributed by atoms with van der Waals surface area (Å²) in [6, 6.07) is 18.8. The Bertz CT molecular complexity index is 967. The summed E-state index contributed by atoms with van der Waals surface area (Å²) in [4.78, 5) is 17.0. The molecule has 1 amide bonds. The van der Waals surface area contributed by atoms with Gasteiger partial charge in [-0.05, 0) is 68.3 Å². The molecule has 0 bridgehead atoms. The third-order valence-electron chi connectivity index (χ3n) is 4.45. The van der Waals surface area contributed by atoms with Gasteiger partial charge in [0, 0.05) is 12.2 Å². The van der Waals surface area contributed by atoms with E-state index < -0.39 is 0 Å². The highest BCUT2D eigenvalue weighted by Crippen LogP contribution is 2.30. The third-order valence-corrected chi connectivity index (χ3v) is 4.45. The second-order valence-corrected chi connectivity index (χ2v) is 6.81. The smallest absolute Gasteiger partial charge is 0.257 e. The van der Waals surface area contributed by atoms with Crippen molar-refractivity contribution in [3.05, 3.63) is 72.4 Å². The van der Waals surface area contributed by atoms with Crippen LogP contribution in [0.2, 0.25) is 0 Å². The molecule has 148 valence electrons. The number of ether oxygens (including phenoxy) is 2. The maximum absolute atomic E-state index is 12.6. The largest absolute Gasteiger partial charge is 0.494 e. The van der Waals surface area contributed by atoms with Crippen LogP contribution >= 0.6 is 0 Å². The van der Waals surface area contributed by atoms with Gasteiger partial charge in [0.2, 0.25) is 0 Å². The Labute approximate surface area is 169 Å². The van der Waals surface area contributed by atoms with Crippen LogP contribution in [0.5, 0.6) is 17.2 Å². The maximum Gasteiger partial charge on any atom is 0.257 e. The van der Waals surface area contributed by atoms with Crippen molar-refractivity contribution in [2.75, 3.05) is 17.2 Å². The number of amides is 1. The lowest BCUT2D eigenvalue weighted by Gasteiger charge is -2.13. The van der Waals surface area contributed by atoms with Gasteiger partial charge in [-0.15, -0.1) is 0 Å². The number of hydrogen-bond acceptors (Lipinski definition) is 5. The Hall–Kier alpha value is -3.54. The fraction of sp³-hybridized carbons (Fsp3) is 0.217. The van der Waals surface area contributed by atoms with Crippen LogP contribution in [0.3, 0.4) is 0 Å². The van der Waals surface area contributed by atoms with E-state index in [2.05, 4.69) is 15.6 Å². The minimum absolute atomic E-state index is 0.238. The quantitative estimate of drug-likeness (QED) is 0.561. The summed E-state index contributed by atoms with van der Waals surface area (Å²) >= 11 is 0. The molecule has 1 fully saturated rings. The highest BCUT2D eigenvalue weighted by molar-refractivity contribution is 6.04. The lowest BCUT2D eigenvalue weighted by Crippen LogP contribution is -2.13. The molecule has 0 saturated heterocycles. The van der Waals surface area contributed by atoms with Crippen LogP contribution < -0.4 is 20.1 Å². The lowest BCUT2D eigenvalue weighted by atomic mass is 10.2. The summed E-state index contributed by atoms with van der Waals surface area (Å²) in [7, 11) is 0. The summed E-state index contributed by atoms with van der Waals surface area (Å²) in [5.74, 6) is 2.56. The van der Waals surface area contributed by atoms with E-state index in [9.17, 15) is 4.79 Å². The Balaban J connectivity index is 1.43. The Morgan fingerprint density at radius 3 is 2.48 bits per heavy atom. The van der Waals surface area contributed by atoms with E-state index in [0.717, 1.165) is 11.6 Å². The minimum Gasteiger partial charge on any atom is -0.494 e. The van der Waals surface area contributed by atoms with Crippen LogP contribution in [0.4, 0.5) is 11.5 Å². The van der Waals surface area contributed by atoms with Crippen molar-refractivity contribution in [3.63, 3.8) is 0 Å². The molecule has 3 aromatic rings. The van der Waals surface area contributed by atoms with E-state index in [1.54, 1.807) is 18.3 Å². The molecular formula is C23H23N3O3. The molecule has 1 aliphatic carbocycles. The number of hydrogen-bond donors (Lipinski definition) is 2. The lowest BCUT2D eigenvalue weighted by molar-refractivity contribution is 0.102. The molecule has 1 aliphatic rings. The molecule has 0 unspecified atom stereocenters. The van der Waals surface area contributed by atoms with Crippen LogP contribution in [0.15, 0.2) is 66.9 Å². The highest BCUT2D eigenvalue weighted by atomic mass is 16.5. The fourth-order valence-electron chi connectivity index (χ4n) is 2.80. The van der Waals surface area contributed by atoms with Crippen LogP contribution in [-0.4, -0.2) is 23.5 Å². The molecule has 2 N–H and O–H groups in total. The Morgan fingerprint density at radius 1 is 1.03 bits per heavy atom. The van der Waals surface area contributed by atoms with Gasteiger partial charge in [0.25, 0.3) is 5.91 Å². The molecule has 29 heavy (non-hydrogen) atoms. The number of pyridine rings is 1. The molecule has 0 spiro atoms. The summed E-state index contributed by atoms with van der Waals surface area (Å²) in [6.07, 6.45) is 3.93. The zero-order chi connectivity index (χ0) is 20.1. The SMILES string of the molecule is CCOc1ccc(Oc2ccccc2NC(=O)c2ccc(NC3CC3)nc2)cc1. The number of benzene rings is 2. The van der Waals surface area contributed by atoms with E-state index in [1.807, 2.05) is 55.5 Å². The Kier molecular flexibility index (Phi) is 5.61. The topological polar surface area (TPSA) is 72.5 Å². The number of carbonyl (C=O) groups is 1. The molecule has 6 heteroatoms. The van der Waals surface area contributed by atoms with Gasteiger partial charge in [-0.3, -0.25) is 4.79 Å². The van der Waals surface area contributed by atoms with E-state index in [4.69, 9.17) is 9.47 Å². The van der Waals surface area contributed by atoms with Crippen molar-refractivity contribution in [2.45, 2.75) is 25.8 Å². The van der Waals surface area contributed by atoms with Crippen LogP contribution in [0.25, 0.3) is 0 Å². The first-order chi connectivity index (χ1) is 14.2. The van der Waals surface area contributed by atoms with Gasteiger partial charge in [0.1, 0.15) is 17.3 Å². The number of nitrogens with zero attached hydrogens (tertiary/aromatic N) is 1. The predicted molar refractivity (Wildman–Crippen MR) is 113 cm³/mol. The summed E-state index contributed by atoms with van der Waals surface area (Å²) in [6.45, 7) is 2.55. The standard InChI is InChI=1S/C23H23N3O3/c1-2-28-18-10-12-19(13-11-18)29-21-6-4-3-5-20(21)26-23(27)16-7-14-22(24-15-16)25-17-8-9-17/h3-7,10-15,17H,2,8-9H2,1H3,(H,24,25)(H,26,27). The van der Waals surface area contributed by atoms with Crippen LogP contribution in [0, 0.1) is 0 Å². The van der Waals surface area contributed by atoms with Crippen molar-refractivity contribution in [2.24, 2.45) is 0 Å². The van der Waals surface area contributed by atoms with Gasteiger partial charge in [0.15, 0.2) is 5.75 Å². The van der Waals surface area contributed by atoms with Gasteiger partial charge in [-0.1, -0.05) is 12.1 Å². The van der Waals surface area contributed by atoms with Crippen molar-refractivity contribution >= 4 is 17.4 Å². The van der Waals surface area contributed by atoms with Crippen molar-refractivity contribution < 1.29 is 14.3 Å². The molecule has 1 saturated carbocycles. The molecule has 1 aromatic heterocycles. The van der Waals surface area contributed by atoms with E-state index in [-0.39, 0.29) is 5.91 Å². The average Bonchev–Trinajstić information content (AvgIpc) is 3.56. The first-order valence-corrected chi connectivity index (χ1v) is 9.75. The summed E-state index contributed by atoms with van der Waals surface area (Å²) in [5.41, 5.74) is 1.08. The number of anilines is 2. The van der Waals surface area contributed by atoms with Crippen LogP contribution in [-0.2, 0) is 0 Å². The average molecular weight is 389 g/mol. The number of carbonyl (C=O) groups excluding carboxylic acids is 1. The zero-order valence-corrected chi connectivity index (χ0v) is 16.2. The van der Waals surface area contributed by atoms with Crippen molar-refractivity contribution in [1.29, 1.82) is 0 Å². The fourth-order valence-corrected chi connectivity index (χ4v) is 2.80. The molecule has 0 atom stereocenters. The van der Waals surface area contributed by atoms with Gasteiger partial charge in [0.05, 0.1) is 17.9 Å². The molecule has 2 aromatic carbocycles. The summed E-state index contributed by atoms with van der Waals surface area (Å²) < 4.78 is 11.4. The van der Waals surface area contributed by atoms with Gasteiger partial charge >= 0.3 is 0 Å². The monoisotopic (exact) mass is 389 g/mol. The first kappa shape index (κ1) is 18.8. The van der Waals surface area contributed by atoms with Crippen molar-refractivity contribution in [1.82, 2.24) is 4.98 Å². The summed E-state index contributed by atoms with van der Waals surface area (Å²) in [5, 5.41) is 6.21. The molecule has 6 nitrogen and oxygen atoms in total. The normalized spacial score (nSPS) is 12.9. The van der Waals surface area contributed by atoms with E-state index in [1.165, 1.54) is 12.8 Å². The second kappa shape index (κ2) is 8.65. The third kappa shape index (κ3) is 5.04. The predicted octanol–water partition coefficient (Wildman–Crippen LogP) is 5.10. The molecule has 1 heterocycles. The molecule has 0 radical (unpaired) electrons. The zero-order valence-electron chi connectivity index (χ0n) is 16.2. The van der Waals surface area contributed by atoms with Gasteiger partial charge in [-0.25, -0.2) is 4.98 Å². The molecule has 0 aliphatic heterocycles. The van der Waals surface area contributed by atoms with E-state index >= 15 is 0 Å². The van der Waals surface area contributed by atoms with E-state index in [0.29, 0.717) is 35.4 Å². The number of para-hydroxylation sites is 2. The minimum atomic E-state index is -0.238. The second-order valence-electron chi connectivity index (χ2n) is 6.81. The number of rotatable bonds is 8. The highest BCUT2D eigenvalue weighted by Gasteiger charge is 2.21. The number of nitrogens with one attached hydrogen (secondary N) is 2. The maximum atomic E-state index is 12.6. The van der Waals surface area contributed by atoms with Gasteiger partial charge < -0.3 is 20.1 Å².